The number of halogens is 1. The van der Waals surface area contributed by atoms with Gasteiger partial charge >= 0.3 is 0 Å². The minimum absolute atomic E-state index is 0.0670. The molecule has 0 fully saturated rings. The Balaban J connectivity index is 1.29. The number of ether oxygens (including phenoxy) is 1. The highest BCUT2D eigenvalue weighted by molar-refractivity contribution is 5.83. The number of para-hydroxylation sites is 2. The maximum absolute atomic E-state index is 13.7. The molecule has 0 unspecified atom stereocenters. The first-order chi connectivity index (χ1) is 16.1. The van der Waals surface area contributed by atoms with Crippen molar-refractivity contribution >= 4 is 23.2 Å². The first-order valence-electron chi connectivity index (χ1n) is 10.3. The first-order valence-corrected chi connectivity index (χ1v) is 10.3. The molecule has 33 heavy (non-hydrogen) atoms. The average Bonchev–Trinajstić information content (AvgIpc) is 2.82. The fraction of sp³-hybridized carbons (Fsp3) is 0.120. The van der Waals surface area contributed by atoms with E-state index in [0.717, 1.165) is 0 Å². The lowest BCUT2D eigenvalue weighted by Crippen LogP contribution is -2.21. The summed E-state index contributed by atoms with van der Waals surface area (Å²) in [5.41, 5.74) is 4.92. The molecule has 4 aromatic rings. The summed E-state index contributed by atoms with van der Waals surface area (Å²) in [5, 5.41) is 3.95. The van der Waals surface area contributed by atoms with E-state index in [4.69, 9.17) is 4.74 Å². The molecule has 0 atom stereocenters. The Morgan fingerprint density at radius 2 is 1.91 bits per heavy atom. The average molecular weight is 444 g/mol. The van der Waals surface area contributed by atoms with E-state index in [1.807, 2.05) is 12.1 Å². The molecule has 1 amide bonds. The van der Waals surface area contributed by atoms with E-state index < -0.39 is 0 Å². The van der Waals surface area contributed by atoms with Crippen molar-refractivity contribution in [2.75, 3.05) is 0 Å². The van der Waals surface area contributed by atoms with Gasteiger partial charge in [-0.3, -0.25) is 9.59 Å². The monoisotopic (exact) mass is 444 g/mol. The van der Waals surface area contributed by atoms with E-state index in [9.17, 15) is 14.0 Å². The van der Waals surface area contributed by atoms with Crippen LogP contribution in [-0.4, -0.2) is 22.1 Å². The summed E-state index contributed by atoms with van der Waals surface area (Å²) >= 11 is 0. The zero-order valence-electron chi connectivity index (χ0n) is 17.6. The number of carbonyl (C=O) groups is 1. The van der Waals surface area contributed by atoms with Crippen molar-refractivity contribution in [3.05, 3.63) is 106 Å². The number of aryl methyl sites for hydroxylation is 1. The predicted molar refractivity (Wildman–Crippen MR) is 124 cm³/mol. The minimum atomic E-state index is -0.340. The number of fused-ring (bicyclic) bond motifs is 1. The molecule has 0 saturated carbocycles. The van der Waals surface area contributed by atoms with Gasteiger partial charge in [0.25, 0.3) is 5.56 Å². The van der Waals surface area contributed by atoms with Crippen LogP contribution >= 0.6 is 0 Å². The van der Waals surface area contributed by atoms with Gasteiger partial charge in [-0.25, -0.2) is 14.8 Å². The van der Waals surface area contributed by atoms with Crippen LogP contribution in [0.3, 0.4) is 0 Å². The van der Waals surface area contributed by atoms with Crippen molar-refractivity contribution in [1.29, 1.82) is 0 Å². The van der Waals surface area contributed by atoms with Crippen LogP contribution in [0, 0.1) is 5.82 Å². The van der Waals surface area contributed by atoms with Gasteiger partial charge in [-0.05, 0) is 35.9 Å². The molecule has 0 aliphatic rings. The van der Waals surface area contributed by atoms with Crippen LogP contribution in [0.1, 0.15) is 23.2 Å². The number of rotatable bonds is 8. The van der Waals surface area contributed by atoms with E-state index in [-0.39, 0.29) is 36.7 Å². The molecule has 0 spiro atoms. The van der Waals surface area contributed by atoms with Crippen molar-refractivity contribution in [1.82, 2.24) is 15.4 Å². The van der Waals surface area contributed by atoms with Gasteiger partial charge in [0.2, 0.25) is 5.91 Å². The van der Waals surface area contributed by atoms with Crippen LogP contribution in [0.25, 0.3) is 11.0 Å². The van der Waals surface area contributed by atoms with Crippen molar-refractivity contribution in [2.24, 2.45) is 5.10 Å². The van der Waals surface area contributed by atoms with E-state index in [0.29, 0.717) is 33.6 Å². The summed E-state index contributed by atoms with van der Waals surface area (Å²) < 4.78 is 19.4. The molecule has 1 heterocycles. The predicted octanol–water partition coefficient (Wildman–Crippen LogP) is 3.72. The van der Waals surface area contributed by atoms with Gasteiger partial charge in [0, 0.05) is 18.4 Å². The molecule has 1 aromatic heterocycles. The molecule has 0 aliphatic heterocycles. The number of aromatic nitrogens is 2. The Kier molecular flexibility index (Phi) is 6.84. The van der Waals surface area contributed by atoms with Gasteiger partial charge < -0.3 is 9.72 Å². The third-order valence-electron chi connectivity index (χ3n) is 4.87. The van der Waals surface area contributed by atoms with Crippen molar-refractivity contribution < 1.29 is 13.9 Å². The van der Waals surface area contributed by atoms with Crippen molar-refractivity contribution in [3.8, 4) is 5.75 Å². The van der Waals surface area contributed by atoms with Gasteiger partial charge in [-0.2, -0.15) is 5.10 Å². The van der Waals surface area contributed by atoms with Crippen LogP contribution in [0.15, 0.2) is 82.7 Å². The molecule has 8 heteroatoms. The molecule has 0 bridgehead atoms. The highest BCUT2D eigenvalue weighted by Crippen LogP contribution is 2.15. The highest BCUT2D eigenvalue weighted by atomic mass is 19.1. The zero-order valence-corrected chi connectivity index (χ0v) is 17.6. The first kappa shape index (κ1) is 21.9. The van der Waals surface area contributed by atoms with E-state index in [1.165, 1.54) is 12.3 Å². The number of H-pyrrole nitrogens is 1. The van der Waals surface area contributed by atoms with Gasteiger partial charge in [0.15, 0.2) is 0 Å². The summed E-state index contributed by atoms with van der Waals surface area (Å²) in [5.74, 6) is -0.110. The van der Waals surface area contributed by atoms with E-state index in [2.05, 4.69) is 20.5 Å². The Hall–Kier alpha value is -4.33. The van der Waals surface area contributed by atoms with Crippen LogP contribution in [-0.2, 0) is 17.8 Å². The van der Waals surface area contributed by atoms with Gasteiger partial charge in [0.05, 0.1) is 17.2 Å². The molecule has 7 nitrogen and oxygen atoms in total. The Bertz CT molecular complexity index is 1370. The second-order valence-corrected chi connectivity index (χ2v) is 7.28. The molecule has 2 N–H and O–H groups in total. The topological polar surface area (TPSA) is 96.4 Å². The maximum atomic E-state index is 13.7. The molecule has 3 aromatic carbocycles. The third kappa shape index (κ3) is 5.88. The normalized spacial score (nSPS) is 11.1. The Morgan fingerprint density at radius 3 is 2.79 bits per heavy atom. The van der Waals surface area contributed by atoms with Gasteiger partial charge in [-0.15, -0.1) is 0 Å². The van der Waals surface area contributed by atoms with Crippen LogP contribution in [0.5, 0.6) is 5.75 Å². The van der Waals surface area contributed by atoms with Crippen LogP contribution in [0.2, 0.25) is 0 Å². The largest absolute Gasteiger partial charge is 0.489 e. The summed E-state index contributed by atoms with van der Waals surface area (Å²) in [7, 11) is 0. The number of amides is 1. The molecule has 0 radical (unpaired) electrons. The molecule has 0 aliphatic carbocycles. The minimum Gasteiger partial charge on any atom is -0.489 e. The van der Waals surface area contributed by atoms with Crippen LogP contribution < -0.4 is 15.7 Å². The van der Waals surface area contributed by atoms with E-state index in [1.54, 1.807) is 54.6 Å². The van der Waals surface area contributed by atoms with E-state index >= 15 is 0 Å². The number of nitrogens with zero attached hydrogens (tertiary/aromatic N) is 2. The number of benzene rings is 3. The Morgan fingerprint density at radius 1 is 1.09 bits per heavy atom. The number of hydrogen-bond donors (Lipinski definition) is 2. The zero-order chi connectivity index (χ0) is 23.0. The number of hydrazone groups is 1. The lowest BCUT2D eigenvalue weighted by molar-refractivity contribution is -0.121. The number of aromatic amines is 1. The third-order valence-corrected chi connectivity index (χ3v) is 4.87. The lowest BCUT2D eigenvalue weighted by atomic mass is 10.2. The summed E-state index contributed by atoms with van der Waals surface area (Å²) in [6, 6.07) is 20.7. The molecular formula is C25H21FN4O3. The molecular weight excluding hydrogens is 423 g/mol. The lowest BCUT2D eigenvalue weighted by Gasteiger charge is -2.07. The maximum Gasteiger partial charge on any atom is 0.270 e. The van der Waals surface area contributed by atoms with Gasteiger partial charge in [0.1, 0.15) is 23.9 Å². The second-order valence-electron chi connectivity index (χ2n) is 7.28. The summed E-state index contributed by atoms with van der Waals surface area (Å²) in [6.45, 7) is 0.103. The van der Waals surface area contributed by atoms with Crippen molar-refractivity contribution in [2.45, 2.75) is 19.4 Å². The fourth-order valence-electron chi connectivity index (χ4n) is 3.16. The fourth-order valence-corrected chi connectivity index (χ4v) is 3.16. The molecule has 166 valence electrons. The Labute approximate surface area is 189 Å². The SMILES string of the molecule is O=C(CCc1nc2ccccc2[nH]c1=O)N/N=C/c1cccc(OCc2ccccc2F)c1. The quantitative estimate of drug-likeness (QED) is 0.320. The summed E-state index contributed by atoms with van der Waals surface area (Å²) in [6.07, 6.45) is 1.74. The van der Waals surface area contributed by atoms with Crippen molar-refractivity contribution in [3.63, 3.8) is 0 Å². The molecule has 4 rings (SSSR count). The second kappa shape index (κ2) is 10.3. The number of nitrogens with one attached hydrogen (secondary N) is 2. The summed E-state index contributed by atoms with van der Waals surface area (Å²) in [4.78, 5) is 31.3. The highest BCUT2D eigenvalue weighted by Gasteiger charge is 2.08. The number of hydrogen-bond acceptors (Lipinski definition) is 5. The smallest absolute Gasteiger partial charge is 0.270 e. The van der Waals surface area contributed by atoms with Crippen LogP contribution in [0.4, 0.5) is 4.39 Å². The van der Waals surface area contributed by atoms with Gasteiger partial charge in [-0.1, -0.05) is 42.5 Å². The number of carbonyl (C=O) groups excluding carboxylic acids is 1. The molecule has 0 saturated heterocycles. The standard InChI is InChI=1S/C25H21FN4O3/c26-20-9-2-1-7-18(20)16-33-19-8-5-6-17(14-19)15-27-30-24(31)13-12-23-25(32)29-22-11-4-3-10-21(22)28-23/h1-11,14-15H,12-13,16H2,(H,29,32)(H,30,31)/b27-15+.